The van der Waals surface area contributed by atoms with Crippen LogP contribution in [0.4, 0.5) is 5.69 Å². The van der Waals surface area contributed by atoms with E-state index in [2.05, 4.69) is 4.90 Å². The second-order valence-corrected chi connectivity index (χ2v) is 6.50. The van der Waals surface area contributed by atoms with Crippen LogP contribution in [0.5, 0.6) is 17.2 Å². The molecule has 7 nitrogen and oxygen atoms in total. The van der Waals surface area contributed by atoms with Gasteiger partial charge in [-0.3, -0.25) is 0 Å². The van der Waals surface area contributed by atoms with E-state index in [-0.39, 0.29) is 5.75 Å². The normalized spacial score (nSPS) is 17.4. The fourth-order valence-electron chi connectivity index (χ4n) is 3.42. The Morgan fingerprint density at radius 2 is 1.71 bits per heavy atom. The molecule has 0 atom stereocenters. The summed E-state index contributed by atoms with van der Waals surface area (Å²) in [5.74, 6) is 1.10. The molecule has 0 saturated carbocycles. The zero-order valence-corrected chi connectivity index (χ0v) is 15.7. The van der Waals surface area contributed by atoms with Crippen LogP contribution in [0.2, 0.25) is 0 Å². The Hall–Kier alpha value is -3.19. The zero-order chi connectivity index (χ0) is 19.7. The molecule has 2 heterocycles. The number of aromatic hydroxyl groups is 1. The van der Waals surface area contributed by atoms with Crippen molar-refractivity contribution < 1.29 is 28.8 Å². The first kappa shape index (κ1) is 18.2. The minimum absolute atomic E-state index is 0.174. The largest absolute Gasteiger partial charge is 0.506 e. The number of fused-ring (bicyclic) bond motifs is 1. The summed E-state index contributed by atoms with van der Waals surface area (Å²) in [5.41, 5.74) is 2.53. The van der Waals surface area contributed by atoms with Gasteiger partial charge in [-0.05, 0) is 35.9 Å². The topological polar surface area (TPSA) is 77.5 Å². The fraction of sp³-hybridized carbons (Fsp3) is 0.286. The lowest BCUT2D eigenvalue weighted by Crippen LogP contribution is -2.36. The summed E-state index contributed by atoms with van der Waals surface area (Å²) >= 11 is 0. The molecular weight excluding hydrogens is 362 g/mol. The molecule has 0 aromatic heterocycles. The number of phenols is 1. The number of rotatable bonds is 4. The molecule has 146 valence electrons. The number of ether oxygens (including phenoxy) is 4. The van der Waals surface area contributed by atoms with Gasteiger partial charge in [-0.1, -0.05) is 6.07 Å². The Bertz CT molecular complexity index is 946. The average molecular weight is 383 g/mol. The lowest BCUT2D eigenvalue weighted by atomic mass is 10.0. The summed E-state index contributed by atoms with van der Waals surface area (Å²) in [7, 11) is 3.05. The highest BCUT2D eigenvalue weighted by Crippen LogP contribution is 2.39. The van der Waals surface area contributed by atoms with E-state index < -0.39 is 5.97 Å². The van der Waals surface area contributed by atoms with Crippen LogP contribution in [0.1, 0.15) is 21.5 Å². The third kappa shape index (κ3) is 3.25. The molecule has 2 aromatic rings. The number of hydrogen-bond donors (Lipinski definition) is 1. The van der Waals surface area contributed by atoms with E-state index in [0.717, 1.165) is 24.3 Å². The molecule has 1 saturated heterocycles. The molecule has 4 rings (SSSR count). The summed E-state index contributed by atoms with van der Waals surface area (Å²) in [5, 5.41) is 10.5. The fourth-order valence-corrected chi connectivity index (χ4v) is 3.42. The molecular formula is C21H21NO6. The lowest BCUT2D eigenvalue weighted by molar-refractivity contribution is 0.0717. The van der Waals surface area contributed by atoms with Crippen LogP contribution in [0.3, 0.4) is 0 Å². The van der Waals surface area contributed by atoms with Crippen LogP contribution in [0, 0.1) is 0 Å². The summed E-state index contributed by atoms with van der Waals surface area (Å²) in [6, 6.07) is 8.72. The number of carbonyl (C=O) groups excluding carboxylic acids is 1. The van der Waals surface area contributed by atoms with Crippen molar-refractivity contribution in [3.8, 4) is 17.2 Å². The summed E-state index contributed by atoms with van der Waals surface area (Å²) in [6.07, 6.45) is 1.72. The van der Waals surface area contributed by atoms with Crippen molar-refractivity contribution in [1.82, 2.24) is 0 Å². The second-order valence-electron chi connectivity index (χ2n) is 6.50. The van der Waals surface area contributed by atoms with Gasteiger partial charge >= 0.3 is 5.97 Å². The first-order valence-corrected chi connectivity index (χ1v) is 8.96. The smallest absolute Gasteiger partial charge is 0.344 e. The minimum Gasteiger partial charge on any atom is -0.506 e. The Morgan fingerprint density at radius 3 is 2.36 bits per heavy atom. The van der Waals surface area contributed by atoms with Gasteiger partial charge in [0.2, 0.25) is 0 Å². The van der Waals surface area contributed by atoms with Gasteiger partial charge in [-0.2, -0.15) is 0 Å². The van der Waals surface area contributed by atoms with Gasteiger partial charge in [-0.25, -0.2) is 4.79 Å². The highest BCUT2D eigenvalue weighted by atomic mass is 16.5. The van der Waals surface area contributed by atoms with Crippen molar-refractivity contribution in [3.05, 3.63) is 47.0 Å². The van der Waals surface area contributed by atoms with E-state index in [0.29, 0.717) is 41.6 Å². The van der Waals surface area contributed by atoms with Crippen LogP contribution in [-0.4, -0.2) is 51.6 Å². The number of hydrogen-bond acceptors (Lipinski definition) is 7. The van der Waals surface area contributed by atoms with Gasteiger partial charge in [0.1, 0.15) is 11.5 Å². The number of esters is 1. The van der Waals surface area contributed by atoms with E-state index in [4.69, 9.17) is 18.9 Å². The SMILES string of the molecule is COc1cc2c(cc1OC)/C(=C/c1ccc(N3CCOCC3)c(O)c1)OC2=O. The van der Waals surface area contributed by atoms with Gasteiger partial charge in [0.25, 0.3) is 0 Å². The maximum Gasteiger partial charge on any atom is 0.344 e. The molecule has 2 aliphatic heterocycles. The summed E-state index contributed by atoms with van der Waals surface area (Å²) in [6.45, 7) is 2.76. The summed E-state index contributed by atoms with van der Waals surface area (Å²) < 4.78 is 21.3. The number of morpholine rings is 1. The first-order chi connectivity index (χ1) is 13.6. The van der Waals surface area contributed by atoms with Crippen molar-refractivity contribution in [2.75, 3.05) is 45.4 Å². The van der Waals surface area contributed by atoms with E-state index in [9.17, 15) is 9.90 Å². The first-order valence-electron chi connectivity index (χ1n) is 8.96. The minimum atomic E-state index is -0.448. The van der Waals surface area contributed by atoms with Crippen molar-refractivity contribution in [1.29, 1.82) is 0 Å². The molecule has 0 aliphatic carbocycles. The molecule has 28 heavy (non-hydrogen) atoms. The quantitative estimate of drug-likeness (QED) is 0.814. The number of methoxy groups -OCH3 is 2. The van der Waals surface area contributed by atoms with E-state index >= 15 is 0 Å². The predicted octanol–water partition coefficient (Wildman–Crippen LogP) is 2.91. The molecule has 0 bridgehead atoms. The zero-order valence-electron chi connectivity index (χ0n) is 15.7. The van der Waals surface area contributed by atoms with Gasteiger partial charge in [0.05, 0.1) is 38.7 Å². The van der Waals surface area contributed by atoms with E-state index in [1.807, 2.05) is 12.1 Å². The van der Waals surface area contributed by atoms with E-state index in [1.54, 1.807) is 24.3 Å². The van der Waals surface area contributed by atoms with Gasteiger partial charge < -0.3 is 29.0 Å². The molecule has 0 amide bonds. The third-order valence-electron chi connectivity index (χ3n) is 4.86. The molecule has 2 aliphatic rings. The number of nitrogens with zero attached hydrogens (tertiary/aromatic N) is 1. The molecule has 7 heteroatoms. The average Bonchev–Trinajstić information content (AvgIpc) is 3.02. The third-order valence-corrected chi connectivity index (χ3v) is 4.86. The molecule has 2 aromatic carbocycles. The Kier molecular flexibility index (Phi) is 4.83. The highest BCUT2D eigenvalue weighted by molar-refractivity contribution is 6.06. The maximum absolute atomic E-state index is 12.2. The summed E-state index contributed by atoms with van der Waals surface area (Å²) in [4.78, 5) is 14.3. The predicted molar refractivity (Wildman–Crippen MR) is 104 cm³/mol. The van der Waals surface area contributed by atoms with Crippen molar-refractivity contribution in [2.45, 2.75) is 0 Å². The van der Waals surface area contributed by atoms with Crippen molar-refractivity contribution in [3.63, 3.8) is 0 Å². The van der Waals surface area contributed by atoms with Crippen LogP contribution < -0.4 is 14.4 Å². The highest BCUT2D eigenvalue weighted by Gasteiger charge is 2.29. The van der Waals surface area contributed by atoms with Crippen molar-refractivity contribution >= 4 is 23.5 Å². The number of phenolic OH excluding ortho intramolecular Hbond substituents is 1. The lowest BCUT2D eigenvalue weighted by Gasteiger charge is -2.29. The van der Waals surface area contributed by atoms with E-state index in [1.165, 1.54) is 14.2 Å². The maximum atomic E-state index is 12.2. The molecule has 0 unspecified atom stereocenters. The van der Waals surface area contributed by atoms with Crippen LogP contribution in [0.15, 0.2) is 30.3 Å². The van der Waals surface area contributed by atoms with Crippen LogP contribution >= 0.6 is 0 Å². The second kappa shape index (κ2) is 7.44. The van der Waals surface area contributed by atoms with Crippen molar-refractivity contribution in [2.24, 2.45) is 0 Å². The molecule has 0 radical (unpaired) electrons. The Labute approximate surface area is 162 Å². The number of anilines is 1. The monoisotopic (exact) mass is 383 g/mol. The van der Waals surface area contributed by atoms with Gasteiger partial charge in [0, 0.05) is 18.7 Å². The number of carbonyl (C=O) groups is 1. The van der Waals surface area contributed by atoms with Crippen LogP contribution in [-0.2, 0) is 9.47 Å². The van der Waals surface area contributed by atoms with Crippen LogP contribution in [0.25, 0.3) is 11.8 Å². The van der Waals surface area contributed by atoms with Gasteiger partial charge in [-0.15, -0.1) is 0 Å². The Balaban J connectivity index is 1.67. The Morgan fingerprint density at radius 1 is 1.04 bits per heavy atom. The number of benzene rings is 2. The molecule has 1 N–H and O–H groups in total. The standard InChI is InChI=1S/C21H21NO6/c1-25-19-11-14-15(12-20(19)26-2)21(24)28-18(14)10-13-3-4-16(17(23)9-13)22-5-7-27-8-6-22/h3-4,9-12,23H,5-8H2,1-2H3/b18-10-. The molecule has 1 fully saturated rings. The molecule has 0 spiro atoms. The number of cyclic esters (lactones) is 1. The van der Waals surface area contributed by atoms with Gasteiger partial charge in [0.15, 0.2) is 11.5 Å².